The lowest BCUT2D eigenvalue weighted by Crippen LogP contribution is -2.17. The molecular weight excluding hydrogens is 269 g/mol. The lowest BCUT2D eigenvalue weighted by Gasteiger charge is -2.14. The van der Waals surface area contributed by atoms with Gasteiger partial charge in [-0.3, -0.25) is 4.79 Å². The van der Waals surface area contributed by atoms with Crippen molar-refractivity contribution >= 4 is 5.97 Å². The number of carbonyl (C=O) groups is 1. The van der Waals surface area contributed by atoms with Crippen molar-refractivity contribution in [2.45, 2.75) is 39.3 Å². The van der Waals surface area contributed by atoms with Crippen LogP contribution in [0.3, 0.4) is 0 Å². The second-order valence-electron chi connectivity index (χ2n) is 4.59. The Kier molecular flexibility index (Phi) is 6.05. The number of ether oxygens (including phenoxy) is 1. The van der Waals surface area contributed by atoms with Crippen LogP contribution in [0, 0.1) is 5.92 Å². The Morgan fingerprint density at radius 3 is 2.55 bits per heavy atom. The Balaban J connectivity index is 2.67. The minimum atomic E-state index is -4.33. The highest BCUT2D eigenvalue weighted by molar-refractivity contribution is 5.72. The number of carbonyl (C=O) groups excluding carboxylic acids is 1. The Labute approximate surface area is 116 Å². The molecular formula is C15H19F3O2. The Morgan fingerprint density at radius 2 is 2.00 bits per heavy atom. The van der Waals surface area contributed by atoms with Crippen LogP contribution in [0.5, 0.6) is 0 Å². The third-order valence-corrected chi connectivity index (χ3v) is 3.15. The van der Waals surface area contributed by atoms with Crippen molar-refractivity contribution in [2.24, 2.45) is 5.92 Å². The lowest BCUT2D eigenvalue weighted by molar-refractivity contribution is -0.148. The van der Waals surface area contributed by atoms with E-state index in [4.69, 9.17) is 4.74 Å². The number of alkyl halides is 3. The molecule has 0 aliphatic carbocycles. The van der Waals surface area contributed by atoms with Crippen molar-refractivity contribution in [1.82, 2.24) is 0 Å². The highest BCUT2D eigenvalue weighted by Crippen LogP contribution is 2.30. The highest BCUT2D eigenvalue weighted by atomic mass is 19.4. The van der Waals surface area contributed by atoms with Gasteiger partial charge in [-0.1, -0.05) is 25.1 Å². The molecule has 0 saturated carbocycles. The maximum absolute atomic E-state index is 12.6. The van der Waals surface area contributed by atoms with Gasteiger partial charge in [-0.15, -0.1) is 0 Å². The van der Waals surface area contributed by atoms with E-state index < -0.39 is 11.7 Å². The largest absolute Gasteiger partial charge is 0.466 e. The van der Waals surface area contributed by atoms with Crippen LogP contribution in [0.15, 0.2) is 24.3 Å². The summed E-state index contributed by atoms with van der Waals surface area (Å²) in [5.41, 5.74) is -0.0678. The van der Waals surface area contributed by atoms with Gasteiger partial charge >= 0.3 is 12.1 Å². The highest BCUT2D eigenvalue weighted by Gasteiger charge is 2.30. The Hall–Kier alpha value is -1.52. The van der Waals surface area contributed by atoms with Gasteiger partial charge in [0.05, 0.1) is 18.1 Å². The van der Waals surface area contributed by atoms with Crippen LogP contribution >= 0.6 is 0 Å². The van der Waals surface area contributed by atoms with Crippen molar-refractivity contribution in [2.75, 3.05) is 6.61 Å². The van der Waals surface area contributed by atoms with E-state index in [1.165, 1.54) is 6.07 Å². The fourth-order valence-electron chi connectivity index (χ4n) is 1.99. The summed E-state index contributed by atoms with van der Waals surface area (Å²) in [5, 5.41) is 0. The molecule has 2 nitrogen and oxygen atoms in total. The van der Waals surface area contributed by atoms with Crippen LogP contribution in [-0.2, 0) is 22.1 Å². The second kappa shape index (κ2) is 7.31. The molecule has 0 aromatic heterocycles. The molecule has 0 bridgehead atoms. The van der Waals surface area contributed by atoms with Gasteiger partial charge in [0, 0.05) is 0 Å². The van der Waals surface area contributed by atoms with Crippen molar-refractivity contribution in [3.8, 4) is 0 Å². The van der Waals surface area contributed by atoms with E-state index >= 15 is 0 Å². The molecule has 1 aromatic carbocycles. The molecule has 1 rings (SSSR count). The van der Waals surface area contributed by atoms with E-state index in [0.717, 1.165) is 12.1 Å². The molecule has 1 aromatic rings. The molecule has 0 N–H and O–H groups in total. The van der Waals surface area contributed by atoms with Gasteiger partial charge in [0.25, 0.3) is 0 Å². The van der Waals surface area contributed by atoms with Gasteiger partial charge in [0.2, 0.25) is 0 Å². The van der Waals surface area contributed by atoms with Gasteiger partial charge < -0.3 is 4.74 Å². The summed E-state index contributed by atoms with van der Waals surface area (Å²) in [6.45, 7) is 3.92. The summed E-state index contributed by atoms with van der Waals surface area (Å²) >= 11 is 0. The van der Waals surface area contributed by atoms with Crippen LogP contribution in [0.1, 0.15) is 37.8 Å². The van der Waals surface area contributed by atoms with Crippen LogP contribution in [0.2, 0.25) is 0 Å². The average Bonchev–Trinajstić information content (AvgIpc) is 2.39. The van der Waals surface area contributed by atoms with E-state index in [2.05, 4.69) is 0 Å². The Morgan fingerprint density at radius 1 is 1.30 bits per heavy atom. The smallest absolute Gasteiger partial charge is 0.416 e. The summed E-state index contributed by atoms with van der Waals surface area (Å²) in [6.07, 6.45) is -2.78. The van der Waals surface area contributed by atoms with Gasteiger partial charge in [0.15, 0.2) is 0 Å². The van der Waals surface area contributed by atoms with Gasteiger partial charge in [0.1, 0.15) is 0 Å². The molecule has 5 heteroatoms. The van der Waals surface area contributed by atoms with Crippen molar-refractivity contribution in [1.29, 1.82) is 0 Å². The molecule has 1 atom stereocenters. The maximum Gasteiger partial charge on any atom is 0.416 e. The fraction of sp³-hybridized carbons (Fsp3) is 0.533. The molecule has 0 amide bonds. The maximum atomic E-state index is 12.6. The molecule has 0 saturated heterocycles. The lowest BCUT2D eigenvalue weighted by atomic mass is 9.96. The first kappa shape index (κ1) is 16.5. The minimum absolute atomic E-state index is 0.260. The zero-order chi connectivity index (χ0) is 15.2. The number of esters is 1. The molecule has 0 fully saturated rings. The van der Waals surface area contributed by atoms with Crippen LogP contribution < -0.4 is 0 Å². The van der Waals surface area contributed by atoms with Gasteiger partial charge in [-0.25, -0.2) is 0 Å². The second-order valence-corrected chi connectivity index (χ2v) is 4.59. The monoisotopic (exact) mass is 288 g/mol. The first-order valence-corrected chi connectivity index (χ1v) is 6.71. The molecule has 1 unspecified atom stereocenters. The molecule has 0 spiro atoms. The Bertz CT molecular complexity index is 441. The first-order chi connectivity index (χ1) is 9.38. The van der Waals surface area contributed by atoms with E-state index in [0.29, 0.717) is 31.4 Å². The normalized spacial score (nSPS) is 13.1. The third-order valence-electron chi connectivity index (χ3n) is 3.15. The predicted molar refractivity (Wildman–Crippen MR) is 70.2 cm³/mol. The van der Waals surface area contributed by atoms with Crippen molar-refractivity contribution in [3.63, 3.8) is 0 Å². The number of rotatable bonds is 6. The molecule has 20 heavy (non-hydrogen) atoms. The number of benzene rings is 1. The number of halogens is 3. The molecule has 0 aliphatic heterocycles. The summed E-state index contributed by atoms with van der Waals surface area (Å²) in [6, 6.07) is 5.22. The van der Waals surface area contributed by atoms with E-state index in [1.807, 2.05) is 6.92 Å². The molecule has 0 aliphatic rings. The zero-order valence-corrected chi connectivity index (χ0v) is 11.7. The average molecular weight is 288 g/mol. The summed E-state index contributed by atoms with van der Waals surface area (Å²) in [5.74, 6) is -0.536. The number of hydrogen-bond donors (Lipinski definition) is 0. The minimum Gasteiger partial charge on any atom is -0.466 e. The van der Waals surface area contributed by atoms with Crippen molar-refractivity contribution in [3.05, 3.63) is 35.4 Å². The predicted octanol–water partition coefficient (Wildman–Crippen LogP) is 4.23. The van der Waals surface area contributed by atoms with Crippen LogP contribution in [0.4, 0.5) is 13.2 Å². The van der Waals surface area contributed by atoms with Crippen LogP contribution in [-0.4, -0.2) is 12.6 Å². The number of hydrogen-bond acceptors (Lipinski definition) is 2. The first-order valence-electron chi connectivity index (χ1n) is 6.71. The van der Waals surface area contributed by atoms with E-state index in [-0.39, 0.29) is 11.9 Å². The van der Waals surface area contributed by atoms with E-state index in [1.54, 1.807) is 13.0 Å². The quantitative estimate of drug-likeness (QED) is 0.732. The molecule has 0 radical (unpaired) electrons. The standard InChI is InChI=1S/C15H19F3O2/c1-3-12(14(19)20-4-2)9-8-11-6-5-7-13(10-11)15(16,17)18/h5-7,10,12H,3-4,8-9H2,1-2H3. The van der Waals surface area contributed by atoms with Gasteiger partial charge in [-0.2, -0.15) is 13.2 Å². The van der Waals surface area contributed by atoms with E-state index in [9.17, 15) is 18.0 Å². The summed E-state index contributed by atoms with van der Waals surface area (Å²) < 4.78 is 42.7. The zero-order valence-electron chi connectivity index (χ0n) is 11.7. The van der Waals surface area contributed by atoms with Crippen molar-refractivity contribution < 1.29 is 22.7 Å². The SMILES string of the molecule is CCOC(=O)C(CC)CCc1cccc(C(F)(F)F)c1. The summed E-state index contributed by atoms with van der Waals surface area (Å²) in [7, 11) is 0. The fourth-order valence-corrected chi connectivity index (χ4v) is 1.99. The summed E-state index contributed by atoms with van der Waals surface area (Å²) in [4.78, 5) is 11.6. The molecule has 112 valence electrons. The topological polar surface area (TPSA) is 26.3 Å². The number of aryl methyl sites for hydroxylation is 1. The van der Waals surface area contributed by atoms with Crippen LogP contribution in [0.25, 0.3) is 0 Å². The third kappa shape index (κ3) is 4.87. The molecule has 0 heterocycles. The van der Waals surface area contributed by atoms with Gasteiger partial charge in [-0.05, 0) is 37.8 Å².